The molecule has 0 amide bonds. The van der Waals surface area contributed by atoms with E-state index >= 15 is 0 Å². The molecule has 0 aliphatic heterocycles. The number of hydrogen-bond acceptors (Lipinski definition) is 3. The fraction of sp³-hybridized carbons (Fsp3) is 0.600. The molecule has 1 aromatic carbocycles. The normalized spacial score (nSPS) is 16.4. The zero-order valence-electron chi connectivity index (χ0n) is 12.7. The first kappa shape index (κ1) is 15.3. The van der Waals surface area contributed by atoms with E-state index in [0.29, 0.717) is 28.6 Å². The van der Waals surface area contributed by atoms with E-state index < -0.39 is 10.0 Å². The third-order valence-corrected chi connectivity index (χ3v) is 6.58. The summed E-state index contributed by atoms with van der Waals surface area (Å²) in [6.07, 6.45) is 3.48. The molecule has 0 unspecified atom stereocenters. The maximum absolute atomic E-state index is 12.8. The first-order valence-corrected chi connectivity index (χ1v) is 8.51. The molecule has 2 N–H and O–H groups in total. The number of nitrogen functional groups attached to an aromatic ring is 1. The van der Waals surface area contributed by atoms with E-state index in [-0.39, 0.29) is 0 Å². The van der Waals surface area contributed by atoms with Crippen LogP contribution in [0.3, 0.4) is 0 Å². The quantitative estimate of drug-likeness (QED) is 0.869. The van der Waals surface area contributed by atoms with Crippen LogP contribution in [-0.2, 0) is 10.0 Å². The van der Waals surface area contributed by atoms with Gasteiger partial charge in [-0.2, -0.15) is 0 Å². The highest BCUT2D eigenvalue weighted by Gasteiger charge is 2.30. The van der Waals surface area contributed by atoms with Crippen LogP contribution in [0.25, 0.3) is 0 Å². The zero-order valence-corrected chi connectivity index (χ0v) is 13.5. The van der Waals surface area contributed by atoms with Crippen LogP contribution in [0.4, 0.5) is 5.69 Å². The SMILES string of the molecule is Cc1cc(N)c(C)c(S(=O)(=O)N(C)CC2CCC2)c1C. The zero-order chi connectivity index (χ0) is 15.1. The molecule has 2 rings (SSSR count). The lowest BCUT2D eigenvalue weighted by Gasteiger charge is -2.30. The summed E-state index contributed by atoms with van der Waals surface area (Å²) in [5, 5.41) is 0. The lowest BCUT2D eigenvalue weighted by atomic mass is 9.86. The second-order valence-corrected chi connectivity index (χ2v) is 7.93. The first-order valence-electron chi connectivity index (χ1n) is 7.07. The van der Waals surface area contributed by atoms with Gasteiger partial charge in [-0.25, -0.2) is 12.7 Å². The molecule has 0 radical (unpaired) electrons. The van der Waals surface area contributed by atoms with Gasteiger partial charge in [0.05, 0.1) is 4.90 Å². The molecule has 0 saturated heterocycles. The average Bonchev–Trinajstić information content (AvgIpc) is 2.31. The van der Waals surface area contributed by atoms with Gasteiger partial charge in [0, 0.05) is 19.3 Å². The fourth-order valence-electron chi connectivity index (χ4n) is 2.72. The van der Waals surface area contributed by atoms with Crippen molar-refractivity contribution in [1.29, 1.82) is 0 Å². The van der Waals surface area contributed by atoms with Gasteiger partial charge in [0.1, 0.15) is 0 Å². The van der Waals surface area contributed by atoms with Crippen molar-refractivity contribution in [2.75, 3.05) is 19.3 Å². The van der Waals surface area contributed by atoms with Crippen molar-refractivity contribution in [3.8, 4) is 0 Å². The van der Waals surface area contributed by atoms with Gasteiger partial charge in [0.25, 0.3) is 0 Å². The summed E-state index contributed by atoms with van der Waals surface area (Å²) in [6, 6.07) is 1.84. The van der Waals surface area contributed by atoms with E-state index in [2.05, 4.69) is 0 Å². The minimum atomic E-state index is -3.46. The second kappa shape index (κ2) is 5.37. The van der Waals surface area contributed by atoms with Crippen LogP contribution in [0.15, 0.2) is 11.0 Å². The second-order valence-electron chi connectivity index (χ2n) is 5.94. The molecule has 1 aliphatic rings. The number of aryl methyl sites for hydroxylation is 1. The summed E-state index contributed by atoms with van der Waals surface area (Å²) in [6.45, 7) is 6.14. The van der Waals surface area contributed by atoms with Crippen LogP contribution in [0.1, 0.15) is 36.0 Å². The maximum Gasteiger partial charge on any atom is 0.243 e. The van der Waals surface area contributed by atoms with E-state index in [1.807, 2.05) is 19.9 Å². The predicted octanol–water partition coefficient (Wildman–Crippen LogP) is 2.61. The molecule has 0 aromatic heterocycles. The van der Waals surface area contributed by atoms with E-state index in [9.17, 15) is 8.42 Å². The van der Waals surface area contributed by atoms with Gasteiger partial charge in [-0.1, -0.05) is 6.42 Å². The van der Waals surface area contributed by atoms with Gasteiger partial charge in [-0.15, -0.1) is 0 Å². The number of rotatable bonds is 4. The number of nitrogens with zero attached hydrogens (tertiary/aromatic N) is 1. The summed E-state index contributed by atoms with van der Waals surface area (Å²) in [5.41, 5.74) is 8.87. The van der Waals surface area contributed by atoms with Crippen LogP contribution < -0.4 is 5.73 Å². The number of hydrogen-bond donors (Lipinski definition) is 1. The Hall–Kier alpha value is -1.07. The Morgan fingerprint density at radius 1 is 1.25 bits per heavy atom. The lowest BCUT2D eigenvalue weighted by Crippen LogP contribution is -2.35. The van der Waals surface area contributed by atoms with Gasteiger partial charge in [0.15, 0.2) is 0 Å². The van der Waals surface area contributed by atoms with E-state index in [1.54, 1.807) is 14.0 Å². The molecule has 5 heteroatoms. The Morgan fingerprint density at radius 2 is 1.85 bits per heavy atom. The molecule has 0 heterocycles. The number of nitrogens with two attached hydrogens (primary N) is 1. The Bertz CT molecular complexity index is 593. The third-order valence-electron chi connectivity index (χ3n) is 4.49. The minimum Gasteiger partial charge on any atom is -0.398 e. The van der Waals surface area contributed by atoms with Crippen molar-refractivity contribution in [2.45, 2.75) is 44.9 Å². The van der Waals surface area contributed by atoms with Gasteiger partial charge in [0.2, 0.25) is 10.0 Å². The Morgan fingerprint density at radius 3 is 2.35 bits per heavy atom. The van der Waals surface area contributed by atoms with Crippen LogP contribution in [0.2, 0.25) is 0 Å². The van der Waals surface area contributed by atoms with Crippen molar-refractivity contribution in [3.05, 3.63) is 22.8 Å². The highest BCUT2D eigenvalue weighted by atomic mass is 32.2. The van der Waals surface area contributed by atoms with Gasteiger partial charge < -0.3 is 5.73 Å². The van der Waals surface area contributed by atoms with E-state index in [4.69, 9.17) is 5.73 Å². The molecule has 0 atom stereocenters. The summed E-state index contributed by atoms with van der Waals surface area (Å²) in [5.74, 6) is 0.512. The average molecular weight is 296 g/mol. The highest BCUT2D eigenvalue weighted by Crippen LogP contribution is 2.32. The summed E-state index contributed by atoms with van der Waals surface area (Å²) in [7, 11) is -1.79. The van der Waals surface area contributed by atoms with Crippen LogP contribution in [0, 0.1) is 26.7 Å². The minimum absolute atomic E-state index is 0.386. The Balaban J connectivity index is 2.43. The molecule has 4 nitrogen and oxygen atoms in total. The summed E-state index contributed by atoms with van der Waals surface area (Å²) >= 11 is 0. The largest absolute Gasteiger partial charge is 0.398 e. The van der Waals surface area contributed by atoms with Crippen molar-refractivity contribution in [2.24, 2.45) is 5.92 Å². The fourth-order valence-corrected chi connectivity index (χ4v) is 4.49. The maximum atomic E-state index is 12.8. The molecule has 1 aliphatic carbocycles. The van der Waals surface area contributed by atoms with E-state index in [0.717, 1.165) is 24.0 Å². The monoisotopic (exact) mass is 296 g/mol. The van der Waals surface area contributed by atoms with Crippen molar-refractivity contribution >= 4 is 15.7 Å². The van der Waals surface area contributed by atoms with E-state index in [1.165, 1.54) is 10.7 Å². The molecule has 1 fully saturated rings. The van der Waals surface area contributed by atoms with Gasteiger partial charge >= 0.3 is 0 Å². The Kier molecular flexibility index (Phi) is 4.12. The highest BCUT2D eigenvalue weighted by molar-refractivity contribution is 7.89. The molecule has 112 valence electrons. The first-order chi connectivity index (χ1) is 9.25. The number of sulfonamides is 1. The summed E-state index contributed by atoms with van der Waals surface area (Å²) in [4.78, 5) is 0.386. The molecular weight excluding hydrogens is 272 g/mol. The van der Waals surface area contributed by atoms with Crippen LogP contribution in [-0.4, -0.2) is 26.3 Å². The Labute approximate surface area is 122 Å². The third kappa shape index (κ3) is 2.56. The predicted molar refractivity (Wildman–Crippen MR) is 82.2 cm³/mol. The van der Waals surface area contributed by atoms with Crippen LogP contribution in [0.5, 0.6) is 0 Å². The number of anilines is 1. The standard InChI is InChI=1S/C15H24N2O2S/c1-10-8-14(16)12(3)15(11(10)2)20(18,19)17(4)9-13-6-5-7-13/h8,13H,5-7,9,16H2,1-4H3. The molecule has 0 bridgehead atoms. The lowest BCUT2D eigenvalue weighted by molar-refractivity contribution is 0.263. The van der Waals surface area contributed by atoms with Crippen molar-refractivity contribution in [1.82, 2.24) is 4.31 Å². The molecule has 1 saturated carbocycles. The molecular formula is C15H24N2O2S. The molecule has 1 aromatic rings. The topological polar surface area (TPSA) is 63.4 Å². The van der Waals surface area contributed by atoms with Gasteiger partial charge in [-0.05, 0) is 62.3 Å². The number of benzene rings is 1. The summed E-state index contributed by atoms with van der Waals surface area (Å²) < 4.78 is 27.1. The van der Waals surface area contributed by atoms with Crippen LogP contribution >= 0.6 is 0 Å². The molecule has 20 heavy (non-hydrogen) atoms. The molecule has 0 spiro atoms. The van der Waals surface area contributed by atoms with Crippen molar-refractivity contribution in [3.63, 3.8) is 0 Å². The smallest absolute Gasteiger partial charge is 0.243 e. The van der Waals surface area contributed by atoms with Crippen molar-refractivity contribution < 1.29 is 8.42 Å². The van der Waals surface area contributed by atoms with Gasteiger partial charge in [-0.3, -0.25) is 0 Å².